The highest BCUT2D eigenvalue weighted by Crippen LogP contribution is 2.25. The molecule has 0 bridgehead atoms. The van der Waals surface area contributed by atoms with E-state index in [0.29, 0.717) is 0 Å². The SMILES string of the molecule is CC[N+](CC)(CC)CCCCCSc1ccc(SCCCCC[N+](CC)(CC)CC)cc1. The van der Waals surface area contributed by atoms with Crippen LogP contribution in [0.5, 0.6) is 0 Å². The van der Waals surface area contributed by atoms with Gasteiger partial charge in [0.25, 0.3) is 0 Å². The van der Waals surface area contributed by atoms with E-state index in [2.05, 4.69) is 65.8 Å². The quantitative estimate of drug-likeness (QED) is 0.105. The Morgan fingerprint density at radius 3 is 1.06 bits per heavy atom. The lowest BCUT2D eigenvalue weighted by Crippen LogP contribution is -2.48. The molecule has 0 spiro atoms. The van der Waals surface area contributed by atoms with Crippen LogP contribution in [0.2, 0.25) is 0 Å². The van der Waals surface area contributed by atoms with Gasteiger partial charge >= 0.3 is 0 Å². The van der Waals surface area contributed by atoms with Gasteiger partial charge in [0.1, 0.15) is 0 Å². The first kappa shape index (κ1) is 29.9. The normalized spacial score (nSPS) is 12.4. The molecule has 0 unspecified atom stereocenters. The third-order valence-electron chi connectivity index (χ3n) is 7.94. The molecule has 2 nitrogen and oxygen atoms in total. The summed E-state index contributed by atoms with van der Waals surface area (Å²) in [6.45, 7) is 24.5. The molecule has 0 aliphatic carbocycles. The van der Waals surface area contributed by atoms with Crippen LogP contribution in [0.1, 0.15) is 80.1 Å². The second-order valence-corrected chi connectivity index (χ2v) is 11.7. The summed E-state index contributed by atoms with van der Waals surface area (Å²) in [6, 6.07) is 9.32. The summed E-state index contributed by atoms with van der Waals surface area (Å²) in [5, 5.41) is 0. The van der Waals surface area contributed by atoms with E-state index in [4.69, 9.17) is 0 Å². The van der Waals surface area contributed by atoms with Crippen LogP contribution in [0.3, 0.4) is 0 Å². The van der Waals surface area contributed by atoms with Crippen LogP contribution in [0, 0.1) is 0 Å². The molecule has 1 rings (SSSR count). The monoisotopic (exact) mass is 482 g/mol. The van der Waals surface area contributed by atoms with E-state index in [1.54, 1.807) is 0 Å². The summed E-state index contributed by atoms with van der Waals surface area (Å²) in [4.78, 5) is 2.87. The molecule has 0 saturated carbocycles. The molecule has 186 valence electrons. The van der Waals surface area contributed by atoms with Gasteiger partial charge in [0.15, 0.2) is 0 Å². The van der Waals surface area contributed by atoms with Crippen LogP contribution < -0.4 is 0 Å². The van der Waals surface area contributed by atoms with E-state index in [1.807, 2.05) is 23.5 Å². The molecule has 0 saturated heterocycles. The molecule has 1 aromatic rings. The number of unbranched alkanes of at least 4 members (excludes halogenated alkanes) is 4. The standard InChI is InChI=1S/C28H54N2S2/c1-7-29(8-2,9-3)23-15-13-17-25-31-27-19-21-28(22-20-27)32-26-18-14-16-24-30(10-4,11-5)12-6/h19-22H,7-18,23-26H2,1-6H3/q+2. The maximum Gasteiger partial charge on any atom is 0.0786 e. The molecular weight excluding hydrogens is 428 g/mol. The topological polar surface area (TPSA) is 0 Å². The highest BCUT2D eigenvalue weighted by Gasteiger charge is 2.20. The zero-order valence-corrected chi connectivity index (χ0v) is 24.0. The van der Waals surface area contributed by atoms with E-state index < -0.39 is 0 Å². The lowest BCUT2D eigenvalue weighted by molar-refractivity contribution is -0.923. The third-order valence-corrected chi connectivity index (χ3v) is 10.1. The van der Waals surface area contributed by atoms with Crippen molar-refractivity contribution in [2.75, 3.05) is 63.9 Å². The van der Waals surface area contributed by atoms with Gasteiger partial charge in [-0.05, 0) is 116 Å². The fraction of sp³-hybridized carbons (Fsp3) is 0.786. The van der Waals surface area contributed by atoms with Crippen molar-refractivity contribution >= 4 is 23.5 Å². The Bertz CT molecular complexity index is 498. The first-order valence-corrected chi connectivity index (χ1v) is 15.6. The molecule has 0 aliphatic rings. The van der Waals surface area contributed by atoms with Crippen molar-refractivity contribution in [2.45, 2.75) is 89.9 Å². The summed E-state index contributed by atoms with van der Waals surface area (Å²) >= 11 is 4.06. The number of quaternary nitrogens is 2. The lowest BCUT2D eigenvalue weighted by Gasteiger charge is -2.35. The lowest BCUT2D eigenvalue weighted by atomic mass is 10.2. The van der Waals surface area contributed by atoms with Gasteiger partial charge in [-0.1, -0.05) is 0 Å². The maximum absolute atomic E-state index is 2.35. The molecule has 0 atom stereocenters. The Kier molecular flexibility index (Phi) is 16.2. The second kappa shape index (κ2) is 17.3. The molecule has 4 heteroatoms. The predicted molar refractivity (Wildman–Crippen MR) is 149 cm³/mol. The van der Waals surface area contributed by atoms with Crippen LogP contribution in [-0.4, -0.2) is 72.8 Å². The average Bonchev–Trinajstić information content (AvgIpc) is 2.85. The summed E-state index contributed by atoms with van der Waals surface area (Å²) in [5.74, 6) is 2.51. The fourth-order valence-electron chi connectivity index (χ4n) is 4.75. The first-order chi connectivity index (χ1) is 15.5. The number of rotatable bonds is 20. The Balaban J connectivity index is 2.15. The van der Waals surface area contributed by atoms with Gasteiger partial charge in [-0.25, -0.2) is 0 Å². The van der Waals surface area contributed by atoms with Crippen LogP contribution in [0.15, 0.2) is 34.1 Å². The summed E-state index contributed by atoms with van der Waals surface area (Å²) in [5.41, 5.74) is 0. The minimum atomic E-state index is 1.25. The molecule has 32 heavy (non-hydrogen) atoms. The van der Waals surface area contributed by atoms with Crippen molar-refractivity contribution in [1.29, 1.82) is 0 Å². The van der Waals surface area contributed by atoms with Gasteiger partial charge in [-0.15, -0.1) is 23.5 Å². The average molecular weight is 483 g/mol. The fourth-order valence-corrected chi connectivity index (χ4v) is 6.58. The molecule has 0 aliphatic heterocycles. The van der Waals surface area contributed by atoms with E-state index >= 15 is 0 Å². The maximum atomic E-state index is 2.35. The molecule has 0 N–H and O–H groups in total. The number of hydrogen-bond donors (Lipinski definition) is 0. The van der Waals surface area contributed by atoms with Crippen LogP contribution in [0.25, 0.3) is 0 Å². The first-order valence-electron chi connectivity index (χ1n) is 13.6. The van der Waals surface area contributed by atoms with Crippen molar-refractivity contribution in [3.8, 4) is 0 Å². The van der Waals surface area contributed by atoms with Crippen LogP contribution in [0.4, 0.5) is 0 Å². The summed E-state index contributed by atoms with van der Waals surface area (Å²) in [7, 11) is 0. The smallest absolute Gasteiger partial charge is 0.0786 e. The van der Waals surface area contributed by atoms with E-state index in [-0.39, 0.29) is 0 Å². The van der Waals surface area contributed by atoms with Crippen molar-refractivity contribution in [3.05, 3.63) is 24.3 Å². The zero-order valence-electron chi connectivity index (χ0n) is 22.3. The van der Waals surface area contributed by atoms with Crippen molar-refractivity contribution < 1.29 is 8.97 Å². The molecule has 1 aromatic carbocycles. The van der Waals surface area contributed by atoms with Crippen molar-refractivity contribution in [1.82, 2.24) is 0 Å². The molecule has 0 fully saturated rings. The molecular formula is C28H54N2S2+2. The van der Waals surface area contributed by atoms with Gasteiger partial charge in [-0.2, -0.15) is 0 Å². The zero-order chi connectivity index (χ0) is 23.7. The minimum Gasteiger partial charge on any atom is -0.324 e. The molecule has 0 heterocycles. The number of hydrogen-bond acceptors (Lipinski definition) is 2. The van der Waals surface area contributed by atoms with Gasteiger partial charge in [0.05, 0.1) is 52.4 Å². The molecule has 0 radical (unpaired) electrons. The Hall–Kier alpha value is -0.160. The Morgan fingerprint density at radius 1 is 0.469 bits per heavy atom. The number of nitrogens with zero attached hydrogens (tertiary/aromatic N) is 2. The minimum absolute atomic E-state index is 1.25. The molecule has 0 aromatic heterocycles. The van der Waals surface area contributed by atoms with Crippen molar-refractivity contribution in [3.63, 3.8) is 0 Å². The Morgan fingerprint density at radius 2 is 0.781 bits per heavy atom. The second-order valence-electron chi connectivity index (χ2n) is 9.32. The van der Waals surface area contributed by atoms with Gasteiger partial charge in [-0.3, -0.25) is 0 Å². The summed E-state index contributed by atoms with van der Waals surface area (Å²) in [6.07, 6.45) is 8.17. The highest BCUT2D eigenvalue weighted by atomic mass is 32.2. The predicted octanol–water partition coefficient (Wildman–Crippen LogP) is 7.96. The van der Waals surface area contributed by atoms with Crippen LogP contribution >= 0.6 is 23.5 Å². The van der Waals surface area contributed by atoms with Crippen molar-refractivity contribution in [2.24, 2.45) is 0 Å². The number of benzene rings is 1. The number of thioether (sulfide) groups is 2. The van der Waals surface area contributed by atoms with E-state index in [1.165, 1.54) is 121 Å². The highest BCUT2D eigenvalue weighted by molar-refractivity contribution is 7.99. The van der Waals surface area contributed by atoms with E-state index in [9.17, 15) is 0 Å². The summed E-state index contributed by atoms with van der Waals surface area (Å²) < 4.78 is 2.59. The Labute approximate surface area is 210 Å². The van der Waals surface area contributed by atoms with Gasteiger partial charge in [0, 0.05) is 9.79 Å². The van der Waals surface area contributed by atoms with Crippen LogP contribution in [-0.2, 0) is 0 Å². The van der Waals surface area contributed by atoms with E-state index in [0.717, 1.165) is 0 Å². The molecule has 0 amide bonds. The van der Waals surface area contributed by atoms with Gasteiger partial charge < -0.3 is 8.97 Å². The van der Waals surface area contributed by atoms with Gasteiger partial charge in [0.2, 0.25) is 0 Å². The third kappa shape index (κ3) is 10.8. The largest absolute Gasteiger partial charge is 0.324 e.